The van der Waals surface area contributed by atoms with Crippen LogP contribution in [0.2, 0.25) is 0 Å². The highest BCUT2D eigenvalue weighted by atomic mass is 16.5. The molecule has 0 bridgehead atoms. The average molecular weight is 240 g/mol. The van der Waals surface area contributed by atoms with Crippen LogP contribution in [-0.2, 0) is 0 Å². The Morgan fingerprint density at radius 2 is 2.11 bits per heavy atom. The van der Waals surface area contributed by atoms with E-state index in [1.165, 1.54) is 5.56 Å². The first-order valence-corrected chi connectivity index (χ1v) is 5.99. The van der Waals surface area contributed by atoms with Gasteiger partial charge in [0, 0.05) is 23.7 Å². The van der Waals surface area contributed by atoms with E-state index < -0.39 is 0 Å². The normalized spacial score (nSPS) is 22.9. The molecule has 18 heavy (non-hydrogen) atoms. The minimum absolute atomic E-state index is 0.409. The van der Waals surface area contributed by atoms with E-state index in [1.54, 1.807) is 18.3 Å². The smallest absolute Gasteiger partial charge is 0.132 e. The maximum absolute atomic E-state index is 5.78. The summed E-state index contributed by atoms with van der Waals surface area (Å²) in [4.78, 5) is 3.94. The van der Waals surface area contributed by atoms with E-state index >= 15 is 0 Å². The molecule has 1 aliphatic heterocycles. The number of hydrogen-bond acceptors (Lipinski definition) is 4. The fourth-order valence-electron chi connectivity index (χ4n) is 2.41. The summed E-state index contributed by atoms with van der Waals surface area (Å²) in [6.07, 6.45) is 3.18. The van der Waals surface area contributed by atoms with Crippen LogP contribution in [0.4, 0.5) is 5.82 Å². The zero-order valence-corrected chi connectivity index (χ0v) is 9.67. The Labute approximate surface area is 104 Å². The van der Waals surface area contributed by atoms with Crippen molar-refractivity contribution in [3.63, 3.8) is 0 Å². The van der Waals surface area contributed by atoms with E-state index in [1.807, 2.05) is 12.1 Å². The molecule has 2 heterocycles. The summed E-state index contributed by atoms with van der Waals surface area (Å²) in [6.45, 7) is 0. The molecule has 2 unspecified atom stereocenters. The molecule has 2 N–H and O–H groups in total. The van der Waals surface area contributed by atoms with Crippen LogP contribution < -0.4 is 15.2 Å². The topological polar surface area (TPSA) is 57.4 Å². The van der Waals surface area contributed by atoms with Crippen molar-refractivity contribution >= 4 is 5.82 Å². The van der Waals surface area contributed by atoms with Crippen molar-refractivity contribution in [1.29, 1.82) is 0 Å². The Bertz CT molecular complexity index is 627. The van der Waals surface area contributed by atoms with Crippen molar-refractivity contribution in [3.8, 4) is 17.2 Å². The second-order valence-corrected chi connectivity index (χ2v) is 4.72. The summed E-state index contributed by atoms with van der Waals surface area (Å²) in [5.74, 6) is 3.55. The first-order valence-electron chi connectivity index (χ1n) is 5.99. The fraction of sp³-hybridized carbons (Fsp3) is 0.214. The van der Waals surface area contributed by atoms with Crippen molar-refractivity contribution < 1.29 is 9.47 Å². The van der Waals surface area contributed by atoms with Gasteiger partial charge in [0.15, 0.2) is 0 Å². The first kappa shape index (κ1) is 9.76. The van der Waals surface area contributed by atoms with Crippen molar-refractivity contribution in [1.82, 2.24) is 4.98 Å². The number of aromatic nitrogens is 1. The Kier molecular flexibility index (Phi) is 1.84. The number of benzene rings is 1. The number of nitrogens with zero attached hydrogens (tertiary/aromatic N) is 1. The quantitative estimate of drug-likeness (QED) is 0.876. The average Bonchev–Trinajstić information content (AvgIpc) is 3.03. The molecule has 1 fully saturated rings. The molecule has 1 aromatic carbocycles. The van der Waals surface area contributed by atoms with Crippen molar-refractivity contribution in [2.45, 2.75) is 18.4 Å². The Balaban J connectivity index is 1.64. The zero-order chi connectivity index (χ0) is 12.1. The molecule has 0 spiro atoms. The second-order valence-electron chi connectivity index (χ2n) is 4.72. The van der Waals surface area contributed by atoms with Crippen LogP contribution in [0.15, 0.2) is 36.5 Å². The number of anilines is 1. The minimum atomic E-state index is 0.409. The minimum Gasteiger partial charge on any atom is -0.489 e. The number of nitrogen functional groups attached to an aromatic ring is 1. The van der Waals surface area contributed by atoms with Gasteiger partial charge in [-0.2, -0.15) is 0 Å². The number of pyridine rings is 1. The lowest BCUT2D eigenvalue weighted by molar-refractivity contribution is 0.318. The van der Waals surface area contributed by atoms with Gasteiger partial charge in [0.1, 0.15) is 29.2 Å². The monoisotopic (exact) mass is 240 g/mol. The van der Waals surface area contributed by atoms with Crippen molar-refractivity contribution in [2.75, 3.05) is 5.73 Å². The molecule has 4 rings (SSSR count). The largest absolute Gasteiger partial charge is 0.489 e. The van der Waals surface area contributed by atoms with Crippen LogP contribution in [-0.4, -0.2) is 11.1 Å². The van der Waals surface area contributed by atoms with E-state index in [0.29, 0.717) is 23.6 Å². The molecular weight excluding hydrogens is 228 g/mol. The van der Waals surface area contributed by atoms with E-state index in [2.05, 4.69) is 11.1 Å². The summed E-state index contributed by atoms with van der Waals surface area (Å²) in [6, 6.07) is 9.45. The second kappa shape index (κ2) is 3.38. The summed E-state index contributed by atoms with van der Waals surface area (Å²) in [7, 11) is 0. The summed E-state index contributed by atoms with van der Waals surface area (Å²) < 4.78 is 11.5. The lowest BCUT2D eigenvalue weighted by Crippen LogP contribution is -1.92. The Hall–Kier alpha value is -2.23. The maximum Gasteiger partial charge on any atom is 0.132 e. The van der Waals surface area contributed by atoms with Gasteiger partial charge in [0.25, 0.3) is 0 Å². The van der Waals surface area contributed by atoms with E-state index in [-0.39, 0.29) is 0 Å². The molecule has 4 nitrogen and oxygen atoms in total. The molecule has 2 atom stereocenters. The fourth-order valence-corrected chi connectivity index (χ4v) is 2.41. The molecule has 1 aliphatic carbocycles. The standard InChI is InChI=1S/C14H12N2O2/c15-14-6-9(3-4-16-14)17-8-1-2-12-10(5-8)11-7-13(11)18-12/h1-6,11,13H,7H2,(H2,15,16). The zero-order valence-electron chi connectivity index (χ0n) is 9.67. The lowest BCUT2D eigenvalue weighted by Gasteiger charge is -2.08. The van der Waals surface area contributed by atoms with E-state index in [4.69, 9.17) is 15.2 Å². The third-order valence-corrected chi connectivity index (χ3v) is 3.38. The van der Waals surface area contributed by atoms with Gasteiger partial charge in [-0.3, -0.25) is 0 Å². The van der Waals surface area contributed by atoms with Gasteiger partial charge in [0.05, 0.1) is 0 Å². The highest BCUT2D eigenvalue weighted by molar-refractivity contribution is 5.50. The van der Waals surface area contributed by atoms with Crippen molar-refractivity contribution in [3.05, 3.63) is 42.1 Å². The molecule has 0 radical (unpaired) electrons. The van der Waals surface area contributed by atoms with Gasteiger partial charge in [-0.15, -0.1) is 0 Å². The van der Waals surface area contributed by atoms with Crippen LogP contribution in [0.1, 0.15) is 17.9 Å². The SMILES string of the molecule is Nc1cc(Oc2ccc3c(c2)C2CC2O3)ccn1. The summed E-state index contributed by atoms with van der Waals surface area (Å²) >= 11 is 0. The van der Waals surface area contributed by atoms with Gasteiger partial charge in [0.2, 0.25) is 0 Å². The molecule has 2 aromatic rings. The number of ether oxygens (including phenoxy) is 2. The highest BCUT2D eigenvalue weighted by Gasteiger charge is 2.48. The molecular formula is C14H12N2O2. The van der Waals surface area contributed by atoms with E-state index in [9.17, 15) is 0 Å². The molecule has 0 saturated heterocycles. The van der Waals surface area contributed by atoms with Crippen LogP contribution >= 0.6 is 0 Å². The summed E-state index contributed by atoms with van der Waals surface area (Å²) in [5.41, 5.74) is 6.88. The van der Waals surface area contributed by atoms with Crippen LogP contribution in [0, 0.1) is 0 Å². The maximum atomic E-state index is 5.78. The van der Waals surface area contributed by atoms with Crippen LogP contribution in [0.3, 0.4) is 0 Å². The summed E-state index contributed by atoms with van der Waals surface area (Å²) in [5, 5.41) is 0. The van der Waals surface area contributed by atoms with Crippen molar-refractivity contribution in [2.24, 2.45) is 0 Å². The van der Waals surface area contributed by atoms with Crippen LogP contribution in [0.5, 0.6) is 17.2 Å². The van der Waals surface area contributed by atoms with E-state index in [0.717, 1.165) is 17.9 Å². The molecule has 4 heteroatoms. The number of fused-ring (bicyclic) bond motifs is 3. The number of hydrogen-bond donors (Lipinski definition) is 1. The highest BCUT2D eigenvalue weighted by Crippen LogP contribution is 2.54. The van der Waals surface area contributed by atoms with Gasteiger partial charge in [-0.25, -0.2) is 4.98 Å². The molecule has 1 aromatic heterocycles. The van der Waals surface area contributed by atoms with Gasteiger partial charge < -0.3 is 15.2 Å². The number of rotatable bonds is 2. The lowest BCUT2D eigenvalue weighted by atomic mass is 10.1. The predicted molar refractivity (Wildman–Crippen MR) is 66.9 cm³/mol. The van der Waals surface area contributed by atoms with Gasteiger partial charge in [-0.05, 0) is 30.7 Å². The third-order valence-electron chi connectivity index (χ3n) is 3.38. The van der Waals surface area contributed by atoms with Gasteiger partial charge >= 0.3 is 0 Å². The molecule has 90 valence electrons. The Morgan fingerprint density at radius 1 is 1.22 bits per heavy atom. The molecule has 2 aliphatic rings. The first-order chi connectivity index (χ1) is 8.79. The molecule has 1 saturated carbocycles. The Morgan fingerprint density at radius 3 is 3.00 bits per heavy atom. The van der Waals surface area contributed by atoms with Crippen LogP contribution in [0.25, 0.3) is 0 Å². The third kappa shape index (κ3) is 1.49. The number of nitrogens with two attached hydrogens (primary N) is 1. The predicted octanol–water partition coefficient (Wildman–Crippen LogP) is 2.70. The van der Waals surface area contributed by atoms with Gasteiger partial charge in [-0.1, -0.05) is 0 Å². The molecule has 0 amide bonds.